The molecule has 1 aliphatic rings. The first kappa shape index (κ1) is 15.2. The molecule has 0 saturated carbocycles. The highest BCUT2D eigenvalue weighted by atomic mass is 32.2. The Morgan fingerprint density at radius 2 is 2.24 bits per heavy atom. The van der Waals surface area contributed by atoms with Crippen molar-refractivity contribution in [3.8, 4) is 0 Å². The molecule has 2 aromatic rings. The second-order valence-corrected chi connectivity index (χ2v) is 8.68. The highest BCUT2D eigenvalue weighted by Crippen LogP contribution is 2.29. The molecule has 21 heavy (non-hydrogen) atoms. The standard InChI is InChI=1S/C15H24N4S2/c1-11-10-20-7-5-18(11)13-12(9-16-15(2,3)4)19-6-8-21-14(19)17-13/h6,8,11,16H,5,7,9-10H2,1-4H3. The van der Waals surface area contributed by atoms with Crippen LogP contribution in [0.25, 0.3) is 4.96 Å². The van der Waals surface area contributed by atoms with E-state index in [2.05, 4.69) is 53.9 Å². The zero-order valence-electron chi connectivity index (χ0n) is 13.2. The van der Waals surface area contributed by atoms with Gasteiger partial charge in [-0.25, -0.2) is 4.98 Å². The zero-order valence-corrected chi connectivity index (χ0v) is 14.9. The summed E-state index contributed by atoms with van der Waals surface area (Å²) in [5, 5.41) is 5.73. The molecule has 2 aromatic heterocycles. The Kier molecular flexibility index (Phi) is 4.21. The predicted molar refractivity (Wildman–Crippen MR) is 93.8 cm³/mol. The van der Waals surface area contributed by atoms with Gasteiger partial charge in [-0.2, -0.15) is 11.8 Å². The fourth-order valence-corrected chi connectivity index (χ4v) is 4.35. The smallest absolute Gasteiger partial charge is 0.195 e. The Balaban J connectivity index is 1.95. The third-order valence-electron chi connectivity index (χ3n) is 3.77. The molecule has 1 N–H and O–H groups in total. The monoisotopic (exact) mass is 324 g/mol. The van der Waals surface area contributed by atoms with Gasteiger partial charge in [-0.3, -0.25) is 4.40 Å². The van der Waals surface area contributed by atoms with Gasteiger partial charge in [0.15, 0.2) is 10.8 Å². The van der Waals surface area contributed by atoms with Crippen molar-refractivity contribution in [3.05, 3.63) is 17.3 Å². The molecular formula is C15H24N4S2. The van der Waals surface area contributed by atoms with Crippen LogP contribution < -0.4 is 10.2 Å². The van der Waals surface area contributed by atoms with Gasteiger partial charge < -0.3 is 10.2 Å². The molecule has 1 fully saturated rings. The second-order valence-electron chi connectivity index (χ2n) is 6.66. The molecule has 6 heteroatoms. The van der Waals surface area contributed by atoms with Crippen LogP contribution in [0.5, 0.6) is 0 Å². The number of hydrogen-bond donors (Lipinski definition) is 1. The first-order valence-electron chi connectivity index (χ1n) is 7.49. The van der Waals surface area contributed by atoms with Crippen LogP contribution in [-0.2, 0) is 6.54 Å². The van der Waals surface area contributed by atoms with Crippen LogP contribution in [0.3, 0.4) is 0 Å². The van der Waals surface area contributed by atoms with Crippen molar-refractivity contribution in [1.29, 1.82) is 0 Å². The number of thiazole rings is 1. The van der Waals surface area contributed by atoms with Gasteiger partial charge in [0.05, 0.1) is 5.69 Å². The van der Waals surface area contributed by atoms with Gasteiger partial charge in [0.25, 0.3) is 0 Å². The normalized spacial score (nSPS) is 20.4. The van der Waals surface area contributed by atoms with Crippen LogP contribution >= 0.6 is 23.1 Å². The maximum absolute atomic E-state index is 4.91. The lowest BCUT2D eigenvalue weighted by Crippen LogP contribution is -2.42. The summed E-state index contributed by atoms with van der Waals surface area (Å²) in [6.07, 6.45) is 2.14. The average Bonchev–Trinajstić information content (AvgIpc) is 2.96. The number of thioether (sulfide) groups is 1. The van der Waals surface area contributed by atoms with Gasteiger partial charge >= 0.3 is 0 Å². The number of rotatable bonds is 3. The van der Waals surface area contributed by atoms with E-state index in [1.54, 1.807) is 11.3 Å². The lowest BCUT2D eigenvalue weighted by atomic mass is 10.1. The number of imidazole rings is 1. The number of nitrogens with zero attached hydrogens (tertiary/aromatic N) is 3. The Morgan fingerprint density at radius 3 is 2.95 bits per heavy atom. The van der Waals surface area contributed by atoms with Crippen molar-refractivity contribution < 1.29 is 0 Å². The molecular weight excluding hydrogens is 300 g/mol. The quantitative estimate of drug-likeness (QED) is 0.939. The van der Waals surface area contributed by atoms with Crippen LogP contribution in [-0.4, -0.2) is 39.0 Å². The largest absolute Gasteiger partial charge is 0.351 e. The zero-order chi connectivity index (χ0) is 15.0. The van der Waals surface area contributed by atoms with E-state index in [-0.39, 0.29) is 5.54 Å². The van der Waals surface area contributed by atoms with Crippen LogP contribution in [0.4, 0.5) is 5.82 Å². The van der Waals surface area contributed by atoms with E-state index in [0.29, 0.717) is 6.04 Å². The molecule has 0 amide bonds. The number of aromatic nitrogens is 2. The van der Waals surface area contributed by atoms with Gasteiger partial charge in [0.1, 0.15) is 0 Å². The van der Waals surface area contributed by atoms with Gasteiger partial charge in [-0.1, -0.05) is 0 Å². The third kappa shape index (κ3) is 3.22. The molecule has 3 heterocycles. The summed E-state index contributed by atoms with van der Waals surface area (Å²) in [6, 6.07) is 0.557. The summed E-state index contributed by atoms with van der Waals surface area (Å²) in [5.74, 6) is 3.56. The topological polar surface area (TPSA) is 32.6 Å². The van der Waals surface area contributed by atoms with Gasteiger partial charge in [0, 0.05) is 47.8 Å². The first-order valence-corrected chi connectivity index (χ1v) is 9.53. The molecule has 0 bridgehead atoms. The summed E-state index contributed by atoms with van der Waals surface area (Å²) in [6.45, 7) is 10.9. The lowest BCUT2D eigenvalue weighted by molar-refractivity contribution is 0.420. The molecule has 116 valence electrons. The summed E-state index contributed by atoms with van der Waals surface area (Å²) in [4.78, 5) is 8.49. The summed E-state index contributed by atoms with van der Waals surface area (Å²) in [7, 11) is 0. The van der Waals surface area contributed by atoms with Crippen molar-refractivity contribution in [3.63, 3.8) is 0 Å². The minimum Gasteiger partial charge on any atom is -0.351 e. The van der Waals surface area contributed by atoms with E-state index >= 15 is 0 Å². The lowest BCUT2D eigenvalue weighted by Gasteiger charge is -2.34. The molecule has 1 unspecified atom stereocenters. The highest BCUT2D eigenvalue weighted by molar-refractivity contribution is 7.99. The molecule has 1 atom stereocenters. The van der Waals surface area contributed by atoms with Crippen molar-refractivity contribution in [2.24, 2.45) is 0 Å². The van der Waals surface area contributed by atoms with Gasteiger partial charge in [-0.05, 0) is 27.7 Å². The van der Waals surface area contributed by atoms with Crippen molar-refractivity contribution in [2.75, 3.05) is 23.0 Å². The molecule has 4 nitrogen and oxygen atoms in total. The minimum atomic E-state index is 0.112. The summed E-state index contributed by atoms with van der Waals surface area (Å²) in [5.41, 5.74) is 1.40. The summed E-state index contributed by atoms with van der Waals surface area (Å²) < 4.78 is 2.24. The predicted octanol–water partition coefficient (Wildman–Crippen LogP) is 3.23. The number of anilines is 1. The molecule has 1 aliphatic heterocycles. The van der Waals surface area contributed by atoms with E-state index < -0.39 is 0 Å². The average molecular weight is 325 g/mol. The Morgan fingerprint density at radius 1 is 1.43 bits per heavy atom. The van der Waals surface area contributed by atoms with Crippen LogP contribution in [0, 0.1) is 0 Å². The Hall–Kier alpha value is -0.720. The van der Waals surface area contributed by atoms with E-state index in [1.165, 1.54) is 23.0 Å². The number of fused-ring (bicyclic) bond motifs is 1. The fraction of sp³-hybridized carbons (Fsp3) is 0.667. The second kappa shape index (κ2) is 5.82. The SMILES string of the molecule is CC1CSCCN1c1nc2sccn2c1CNC(C)(C)C. The molecule has 0 spiro atoms. The van der Waals surface area contributed by atoms with E-state index in [9.17, 15) is 0 Å². The number of nitrogens with one attached hydrogen (secondary N) is 1. The van der Waals surface area contributed by atoms with Gasteiger partial charge in [0.2, 0.25) is 0 Å². The van der Waals surface area contributed by atoms with Crippen molar-refractivity contribution >= 4 is 33.9 Å². The summed E-state index contributed by atoms with van der Waals surface area (Å²) >= 11 is 3.76. The van der Waals surface area contributed by atoms with Crippen molar-refractivity contribution in [2.45, 2.75) is 45.8 Å². The minimum absolute atomic E-state index is 0.112. The fourth-order valence-electron chi connectivity index (χ4n) is 2.61. The van der Waals surface area contributed by atoms with Crippen molar-refractivity contribution in [1.82, 2.24) is 14.7 Å². The molecule has 0 aromatic carbocycles. The van der Waals surface area contributed by atoms with Crippen LogP contribution in [0.15, 0.2) is 11.6 Å². The molecule has 3 rings (SSSR count). The maximum atomic E-state index is 4.91. The Bertz CT molecular complexity index is 611. The first-order chi connectivity index (χ1) is 9.96. The Labute approximate surface area is 134 Å². The van der Waals surface area contributed by atoms with Crippen LogP contribution in [0.2, 0.25) is 0 Å². The van der Waals surface area contributed by atoms with E-state index in [1.807, 2.05) is 11.8 Å². The van der Waals surface area contributed by atoms with Gasteiger partial charge in [-0.15, -0.1) is 11.3 Å². The molecule has 1 saturated heterocycles. The van der Waals surface area contributed by atoms with Crippen LogP contribution in [0.1, 0.15) is 33.4 Å². The van der Waals surface area contributed by atoms with E-state index in [4.69, 9.17) is 4.98 Å². The third-order valence-corrected chi connectivity index (χ3v) is 5.71. The van der Waals surface area contributed by atoms with E-state index in [0.717, 1.165) is 18.1 Å². The number of hydrogen-bond acceptors (Lipinski definition) is 5. The molecule has 0 aliphatic carbocycles. The maximum Gasteiger partial charge on any atom is 0.195 e. The molecule has 0 radical (unpaired) electrons. The highest BCUT2D eigenvalue weighted by Gasteiger charge is 2.26.